The fourth-order valence-corrected chi connectivity index (χ4v) is 3.64. The summed E-state index contributed by atoms with van der Waals surface area (Å²) in [6.45, 7) is 2.35. The van der Waals surface area contributed by atoms with Crippen LogP contribution in [0.5, 0.6) is 0 Å². The molecule has 2 rings (SSSR count). The monoisotopic (exact) mass is 352 g/mol. The molecule has 9 heteroatoms. The molecule has 1 aromatic carbocycles. The zero-order valence-electron chi connectivity index (χ0n) is 13.4. The predicted octanol–water partition coefficient (Wildman–Crippen LogP) is -0.357. The maximum atomic E-state index is 12.4. The minimum absolute atomic E-state index is 0.00672. The molecule has 0 aliphatic carbocycles. The largest absolute Gasteiger partial charge is 0.369 e. The van der Waals surface area contributed by atoms with Crippen molar-refractivity contribution in [3.05, 3.63) is 29.8 Å². The molecule has 1 heterocycles. The first-order valence-corrected chi connectivity index (χ1v) is 8.92. The van der Waals surface area contributed by atoms with Crippen LogP contribution in [0.15, 0.2) is 34.2 Å². The average molecular weight is 352 g/mol. The van der Waals surface area contributed by atoms with Crippen molar-refractivity contribution in [2.24, 2.45) is 10.7 Å². The Balaban J connectivity index is 1.95. The number of sulfonamides is 1. The van der Waals surface area contributed by atoms with E-state index < -0.39 is 10.0 Å². The maximum absolute atomic E-state index is 12.4. The number of Topliss-reactive ketones (excluding diaryl/α,β-unsaturated/α-hetero) is 1. The van der Waals surface area contributed by atoms with Crippen LogP contribution in [0.3, 0.4) is 0 Å². The lowest BCUT2D eigenvalue weighted by Crippen LogP contribution is -2.38. The number of carbonyl (C=O) groups excluding carboxylic acids is 2. The molecule has 1 amide bonds. The summed E-state index contributed by atoms with van der Waals surface area (Å²) in [7, 11) is -3.68. The standard InChI is InChI=1S/C15H20N4O4S/c1-11(20)10-14(21)17-7-6-12-2-4-13(5-3-12)24(22,23)19-9-8-18-15(19)16/h2-5H,6-10H2,1H3,(H2,16,18)(H,17,21). The van der Waals surface area contributed by atoms with Crippen molar-refractivity contribution >= 4 is 27.7 Å². The fraction of sp³-hybridized carbons (Fsp3) is 0.400. The van der Waals surface area contributed by atoms with Gasteiger partial charge >= 0.3 is 0 Å². The Hall–Kier alpha value is -2.42. The van der Waals surface area contributed by atoms with Crippen molar-refractivity contribution in [2.45, 2.75) is 24.7 Å². The number of rotatable bonds is 7. The van der Waals surface area contributed by atoms with Crippen molar-refractivity contribution in [2.75, 3.05) is 19.6 Å². The van der Waals surface area contributed by atoms with E-state index in [0.717, 1.165) is 9.87 Å². The summed E-state index contributed by atoms with van der Waals surface area (Å²) in [6.07, 6.45) is 0.410. The van der Waals surface area contributed by atoms with Crippen molar-refractivity contribution < 1.29 is 18.0 Å². The smallest absolute Gasteiger partial charge is 0.266 e. The van der Waals surface area contributed by atoms with Crippen molar-refractivity contribution in [3.8, 4) is 0 Å². The first kappa shape index (κ1) is 17.9. The van der Waals surface area contributed by atoms with E-state index in [1.165, 1.54) is 19.1 Å². The zero-order valence-corrected chi connectivity index (χ0v) is 14.2. The molecule has 1 aliphatic rings. The number of hydrogen-bond donors (Lipinski definition) is 2. The number of nitrogens with one attached hydrogen (secondary N) is 1. The Morgan fingerprint density at radius 3 is 2.50 bits per heavy atom. The summed E-state index contributed by atoms with van der Waals surface area (Å²) in [6, 6.07) is 6.39. The van der Waals surface area contributed by atoms with E-state index in [-0.39, 0.29) is 35.5 Å². The molecule has 8 nitrogen and oxygen atoms in total. The lowest BCUT2D eigenvalue weighted by Gasteiger charge is -2.17. The van der Waals surface area contributed by atoms with Gasteiger partial charge in [0.05, 0.1) is 24.4 Å². The molecule has 0 fully saturated rings. The molecule has 0 atom stereocenters. The van der Waals surface area contributed by atoms with Crippen molar-refractivity contribution in [3.63, 3.8) is 0 Å². The second-order valence-corrected chi connectivity index (χ2v) is 7.30. The summed E-state index contributed by atoms with van der Waals surface area (Å²) in [5.74, 6) is -0.496. The molecule has 1 aliphatic heterocycles. The molecular formula is C15H20N4O4S. The number of aliphatic imine (C=N–C) groups is 1. The van der Waals surface area contributed by atoms with Crippen LogP contribution in [0, 0.1) is 0 Å². The number of guanidine groups is 1. The van der Waals surface area contributed by atoms with Gasteiger partial charge in [0.2, 0.25) is 11.9 Å². The second kappa shape index (κ2) is 7.43. The molecule has 1 aromatic rings. The molecule has 0 bridgehead atoms. The molecule has 3 N–H and O–H groups in total. The second-order valence-electron chi connectivity index (χ2n) is 5.44. The van der Waals surface area contributed by atoms with Crippen molar-refractivity contribution in [1.82, 2.24) is 9.62 Å². The van der Waals surface area contributed by atoms with Gasteiger partial charge in [0.15, 0.2) is 0 Å². The highest BCUT2D eigenvalue weighted by Crippen LogP contribution is 2.18. The third kappa shape index (κ3) is 4.31. The quantitative estimate of drug-likeness (QED) is 0.649. The lowest BCUT2D eigenvalue weighted by molar-refractivity contribution is -0.127. The minimum atomic E-state index is -3.68. The van der Waals surface area contributed by atoms with E-state index in [4.69, 9.17) is 5.73 Å². The molecule has 0 aromatic heterocycles. The molecule has 0 spiro atoms. The minimum Gasteiger partial charge on any atom is -0.369 e. The van der Waals surface area contributed by atoms with Gasteiger partial charge in [0.25, 0.3) is 10.0 Å². The number of amides is 1. The van der Waals surface area contributed by atoms with E-state index in [1.807, 2.05) is 0 Å². The van der Waals surface area contributed by atoms with Crippen LogP contribution >= 0.6 is 0 Å². The number of ketones is 1. The zero-order chi connectivity index (χ0) is 17.7. The topological polar surface area (TPSA) is 122 Å². The molecular weight excluding hydrogens is 332 g/mol. The van der Waals surface area contributed by atoms with Gasteiger partial charge in [0, 0.05) is 6.54 Å². The highest BCUT2D eigenvalue weighted by molar-refractivity contribution is 7.89. The third-order valence-corrected chi connectivity index (χ3v) is 5.31. The van der Waals surface area contributed by atoms with Gasteiger partial charge in [-0.25, -0.2) is 12.7 Å². The Labute approximate surface area is 140 Å². The van der Waals surface area contributed by atoms with Gasteiger partial charge in [-0.1, -0.05) is 12.1 Å². The summed E-state index contributed by atoms with van der Waals surface area (Å²) in [5, 5.41) is 2.64. The number of carbonyl (C=O) groups is 2. The van der Waals surface area contributed by atoms with E-state index in [9.17, 15) is 18.0 Å². The summed E-state index contributed by atoms with van der Waals surface area (Å²) >= 11 is 0. The Bertz CT molecular complexity index is 756. The number of benzene rings is 1. The first-order valence-electron chi connectivity index (χ1n) is 7.48. The van der Waals surface area contributed by atoms with Crippen LogP contribution in [0.25, 0.3) is 0 Å². The Kier molecular flexibility index (Phi) is 5.55. The SMILES string of the molecule is CC(=O)CC(=O)NCCc1ccc(S(=O)(=O)N2CCN=C2N)cc1. The van der Waals surface area contributed by atoms with Gasteiger partial charge in [-0.05, 0) is 31.0 Å². The Morgan fingerprint density at radius 1 is 1.29 bits per heavy atom. The summed E-state index contributed by atoms with van der Waals surface area (Å²) < 4.78 is 26.0. The van der Waals surface area contributed by atoms with Crippen LogP contribution in [0.2, 0.25) is 0 Å². The molecule has 130 valence electrons. The molecule has 0 saturated carbocycles. The highest BCUT2D eigenvalue weighted by Gasteiger charge is 2.28. The van der Waals surface area contributed by atoms with Crippen LogP contribution in [0.4, 0.5) is 0 Å². The van der Waals surface area contributed by atoms with Gasteiger partial charge < -0.3 is 11.1 Å². The average Bonchev–Trinajstić information content (AvgIpc) is 2.94. The van der Waals surface area contributed by atoms with Crippen LogP contribution < -0.4 is 11.1 Å². The third-order valence-electron chi connectivity index (χ3n) is 3.49. The number of hydrogen-bond acceptors (Lipinski definition) is 6. The van der Waals surface area contributed by atoms with E-state index in [2.05, 4.69) is 10.3 Å². The normalized spacial score (nSPS) is 14.4. The number of nitrogens with two attached hydrogens (primary N) is 1. The molecule has 0 radical (unpaired) electrons. The first-order chi connectivity index (χ1) is 11.3. The number of nitrogens with zero attached hydrogens (tertiary/aromatic N) is 2. The summed E-state index contributed by atoms with van der Waals surface area (Å²) in [5.41, 5.74) is 6.47. The van der Waals surface area contributed by atoms with Gasteiger partial charge in [-0.2, -0.15) is 0 Å². The fourth-order valence-electron chi connectivity index (χ4n) is 2.28. The van der Waals surface area contributed by atoms with E-state index in [1.54, 1.807) is 12.1 Å². The molecule has 0 saturated heterocycles. The maximum Gasteiger partial charge on any atom is 0.266 e. The van der Waals surface area contributed by atoms with E-state index in [0.29, 0.717) is 19.5 Å². The van der Waals surface area contributed by atoms with Crippen LogP contribution in [0.1, 0.15) is 18.9 Å². The lowest BCUT2D eigenvalue weighted by atomic mass is 10.1. The van der Waals surface area contributed by atoms with Gasteiger partial charge in [-0.3, -0.25) is 14.6 Å². The van der Waals surface area contributed by atoms with Crippen LogP contribution in [-0.4, -0.2) is 50.0 Å². The molecule has 0 unspecified atom stereocenters. The van der Waals surface area contributed by atoms with E-state index >= 15 is 0 Å². The highest BCUT2D eigenvalue weighted by atomic mass is 32.2. The summed E-state index contributed by atoms with van der Waals surface area (Å²) in [4.78, 5) is 26.2. The van der Waals surface area contributed by atoms with Gasteiger partial charge in [0.1, 0.15) is 5.78 Å². The van der Waals surface area contributed by atoms with Gasteiger partial charge in [-0.15, -0.1) is 0 Å². The Morgan fingerprint density at radius 2 is 1.96 bits per heavy atom. The predicted molar refractivity (Wildman–Crippen MR) is 88.8 cm³/mol. The van der Waals surface area contributed by atoms with Crippen molar-refractivity contribution in [1.29, 1.82) is 0 Å². The van der Waals surface area contributed by atoms with Crippen LogP contribution in [-0.2, 0) is 26.0 Å². The molecule has 24 heavy (non-hydrogen) atoms.